The van der Waals surface area contributed by atoms with E-state index in [2.05, 4.69) is 15.4 Å². The minimum absolute atomic E-state index is 0.0316. The Morgan fingerprint density at radius 2 is 1.77 bits per heavy atom. The molecule has 2 rings (SSSR count). The van der Waals surface area contributed by atoms with Crippen molar-refractivity contribution in [2.24, 2.45) is 5.92 Å². The molecule has 10 heteroatoms. The van der Waals surface area contributed by atoms with E-state index in [0.717, 1.165) is 11.6 Å². The Labute approximate surface area is 183 Å². The van der Waals surface area contributed by atoms with Crippen molar-refractivity contribution in [2.45, 2.75) is 26.4 Å². The van der Waals surface area contributed by atoms with E-state index >= 15 is 0 Å². The molecule has 0 aliphatic rings. The summed E-state index contributed by atoms with van der Waals surface area (Å²) in [4.78, 5) is 46.9. The molecule has 1 atom stereocenters. The largest absolute Gasteiger partial charge is 0.465 e. The maximum Gasteiger partial charge on any atom is 0.337 e. The minimum Gasteiger partial charge on any atom is -0.465 e. The van der Waals surface area contributed by atoms with Crippen LogP contribution in [-0.2, 0) is 16.1 Å². The van der Waals surface area contributed by atoms with E-state index in [4.69, 9.17) is 11.6 Å². The molecular weight excluding hydrogens is 426 g/mol. The number of benzene rings is 2. The average Bonchev–Trinajstić information content (AvgIpc) is 2.75. The summed E-state index contributed by atoms with van der Waals surface area (Å²) in [6.45, 7) is 3.73. The maximum atomic E-state index is 12.7. The van der Waals surface area contributed by atoms with Gasteiger partial charge in [-0.15, -0.1) is 0 Å². The molecule has 0 radical (unpaired) electrons. The number of rotatable bonds is 8. The number of nitrogens with one attached hydrogen (secondary N) is 2. The van der Waals surface area contributed by atoms with Crippen LogP contribution in [0.15, 0.2) is 42.5 Å². The molecule has 0 spiro atoms. The first-order chi connectivity index (χ1) is 14.6. The van der Waals surface area contributed by atoms with Crippen molar-refractivity contribution in [3.8, 4) is 0 Å². The molecule has 0 aromatic heterocycles. The quantitative estimate of drug-likeness (QED) is 0.363. The molecule has 0 bridgehead atoms. The number of methoxy groups -OCH3 is 1. The molecule has 2 aromatic carbocycles. The summed E-state index contributed by atoms with van der Waals surface area (Å²) in [7, 11) is 1.29. The molecule has 0 saturated heterocycles. The Balaban J connectivity index is 2.04. The summed E-state index contributed by atoms with van der Waals surface area (Å²) in [5.41, 5.74) is 0.945. The molecule has 2 amide bonds. The van der Waals surface area contributed by atoms with Crippen LogP contribution in [0, 0.1) is 16.0 Å². The summed E-state index contributed by atoms with van der Waals surface area (Å²) < 4.78 is 4.64. The van der Waals surface area contributed by atoms with Crippen LogP contribution in [0.5, 0.6) is 0 Å². The fourth-order valence-corrected chi connectivity index (χ4v) is 2.99. The van der Waals surface area contributed by atoms with E-state index in [1.165, 1.54) is 19.2 Å². The molecule has 164 valence electrons. The van der Waals surface area contributed by atoms with Gasteiger partial charge in [-0.1, -0.05) is 37.6 Å². The Kier molecular flexibility index (Phi) is 8.09. The second-order valence-electron chi connectivity index (χ2n) is 7.02. The van der Waals surface area contributed by atoms with Crippen LogP contribution in [0.3, 0.4) is 0 Å². The van der Waals surface area contributed by atoms with Crippen molar-refractivity contribution in [2.75, 3.05) is 7.11 Å². The fourth-order valence-electron chi connectivity index (χ4n) is 2.73. The number of hydrogen-bond donors (Lipinski definition) is 2. The van der Waals surface area contributed by atoms with Gasteiger partial charge in [0.1, 0.15) is 6.04 Å². The van der Waals surface area contributed by atoms with Crippen LogP contribution in [-0.4, -0.2) is 35.9 Å². The third kappa shape index (κ3) is 6.26. The van der Waals surface area contributed by atoms with E-state index in [9.17, 15) is 24.5 Å². The summed E-state index contributed by atoms with van der Waals surface area (Å²) in [5.74, 6) is -1.71. The van der Waals surface area contributed by atoms with Crippen molar-refractivity contribution in [1.29, 1.82) is 0 Å². The van der Waals surface area contributed by atoms with E-state index in [1.807, 2.05) is 0 Å². The standard InChI is InChI=1S/C21H22ClN3O6/c1-12(2)18(24-19(26)16-9-8-15(25(29)30)10-17(16)22)20(27)23-11-13-4-6-14(7-5-13)21(28)31-3/h4-10,12,18H,11H2,1-3H3,(H,23,27)(H,24,26). The number of non-ortho nitro benzene ring substituents is 1. The Bertz CT molecular complexity index is 991. The van der Waals surface area contributed by atoms with Crippen LogP contribution in [0.25, 0.3) is 0 Å². The third-order valence-electron chi connectivity index (χ3n) is 4.49. The summed E-state index contributed by atoms with van der Waals surface area (Å²) in [5, 5.41) is 16.1. The zero-order chi connectivity index (χ0) is 23.1. The second kappa shape index (κ2) is 10.5. The van der Waals surface area contributed by atoms with Gasteiger partial charge in [0.2, 0.25) is 5.91 Å². The van der Waals surface area contributed by atoms with Crippen molar-refractivity contribution in [3.05, 3.63) is 74.3 Å². The summed E-state index contributed by atoms with van der Waals surface area (Å²) in [6, 6.07) is 9.19. The van der Waals surface area contributed by atoms with Crippen LogP contribution in [0.2, 0.25) is 5.02 Å². The highest BCUT2D eigenvalue weighted by atomic mass is 35.5. The second-order valence-corrected chi connectivity index (χ2v) is 7.43. The molecule has 0 aliphatic carbocycles. The van der Waals surface area contributed by atoms with Crippen molar-refractivity contribution in [3.63, 3.8) is 0 Å². The highest BCUT2D eigenvalue weighted by Gasteiger charge is 2.26. The lowest BCUT2D eigenvalue weighted by Gasteiger charge is -2.22. The zero-order valence-electron chi connectivity index (χ0n) is 17.2. The normalized spacial score (nSPS) is 11.5. The van der Waals surface area contributed by atoms with E-state index in [0.29, 0.717) is 5.56 Å². The number of nitrogens with zero attached hydrogens (tertiary/aromatic N) is 1. The SMILES string of the molecule is COC(=O)c1ccc(CNC(=O)C(NC(=O)c2ccc([N+](=O)[O-])cc2Cl)C(C)C)cc1. The Morgan fingerprint density at radius 3 is 2.29 bits per heavy atom. The molecule has 1 unspecified atom stereocenters. The van der Waals surface area contributed by atoms with Crippen molar-refractivity contribution >= 4 is 35.1 Å². The number of nitro groups is 1. The van der Waals surface area contributed by atoms with Gasteiger partial charge in [-0.3, -0.25) is 19.7 Å². The van der Waals surface area contributed by atoms with Gasteiger partial charge in [0.25, 0.3) is 11.6 Å². The van der Waals surface area contributed by atoms with Gasteiger partial charge >= 0.3 is 5.97 Å². The first kappa shape index (κ1) is 23.8. The van der Waals surface area contributed by atoms with E-state index < -0.39 is 28.7 Å². The predicted molar refractivity (Wildman–Crippen MR) is 114 cm³/mol. The highest BCUT2D eigenvalue weighted by Crippen LogP contribution is 2.22. The summed E-state index contributed by atoms with van der Waals surface area (Å²) in [6.07, 6.45) is 0. The van der Waals surface area contributed by atoms with E-state index in [-0.39, 0.29) is 28.7 Å². The van der Waals surface area contributed by atoms with Crippen LogP contribution < -0.4 is 10.6 Å². The molecule has 0 saturated carbocycles. The molecule has 9 nitrogen and oxygen atoms in total. The number of amides is 2. The van der Waals surface area contributed by atoms with Crippen LogP contribution >= 0.6 is 11.6 Å². The number of carbonyl (C=O) groups excluding carboxylic acids is 3. The Hall–Kier alpha value is -3.46. The Morgan fingerprint density at radius 1 is 1.13 bits per heavy atom. The van der Waals surface area contributed by atoms with Gasteiger partial charge in [-0.2, -0.15) is 0 Å². The average molecular weight is 448 g/mol. The molecule has 31 heavy (non-hydrogen) atoms. The lowest BCUT2D eigenvalue weighted by molar-refractivity contribution is -0.384. The number of hydrogen-bond acceptors (Lipinski definition) is 6. The van der Waals surface area contributed by atoms with Gasteiger partial charge in [-0.05, 0) is 29.7 Å². The predicted octanol–water partition coefficient (Wildman–Crippen LogP) is 3.11. The molecule has 2 N–H and O–H groups in total. The number of halogens is 1. The lowest BCUT2D eigenvalue weighted by Crippen LogP contribution is -2.49. The molecule has 0 aliphatic heterocycles. The minimum atomic E-state index is -0.854. The first-order valence-corrected chi connectivity index (χ1v) is 9.71. The van der Waals surface area contributed by atoms with Crippen LogP contribution in [0.1, 0.15) is 40.1 Å². The van der Waals surface area contributed by atoms with Gasteiger partial charge < -0.3 is 15.4 Å². The van der Waals surface area contributed by atoms with Gasteiger partial charge in [0, 0.05) is 18.7 Å². The smallest absolute Gasteiger partial charge is 0.337 e. The van der Waals surface area contributed by atoms with Crippen molar-refractivity contribution in [1.82, 2.24) is 10.6 Å². The third-order valence-corrected chi connectivity index (χ3v) is 4.80. The number of carbonyl (C=O) groups is 3. The van der Waals surface area contributed by atoms with Gasteiger partial charge in [0.15, 0.2) is 0 Å². The van der Waals surface area contributed by atoms with Gasteiger partial charge in [-0.25, -0.2) is 4.79 Å². The molecule has 0 fully saturated rings. The number of nitro benzene ring substituents is 1. The number of ether oxygens (including phenoxy) is 1. The zero-order valence-corrected chi connectivity index (χ0v) is 17.9. The van der Waals surface area contributed by atoms with E-state index in [1.54, 1.807) is 38.1 Å². The fraction of sp³-hybridized carbons (Fsp3) is 0.286. The van der Waals surface area contributed by atoms with Crippen LogP contribution in [0.4, 0.5) is 5.69 Å². The lowest BCUT2D eigenvalue weighted by atomic mass is 10.0. The monoisotopic (exact) mass is 447 g/mol. The molecule has 2 aromatic rings. The molecular formula is C21H22ClN3O6. The maximum absolute atomic E-state index is 12.7. The topological polar surface area (TPSA) is 128 Å². The summed E-state index contributed by atoms with van der Waals surface area (Å²) >= 11 is 6.00. The number of esters is 1. The van der Waals surface area contributed by atoms with Crippen molar-refractivity contribution < 1.29 is 24.0 Å². The molecule has 0 heterocycles. The first-order valence-electron chi connectivity index (χ1n) is 9.33. The highest BCUT2D eigenvalue weighted by molar-refractivity contribution is 6.34. The van der Waals surface area contributed by atoms with Gasteiger partial charge in [0.05, 0.1) is 28.2 Å².